The first-order valence-electron chi connectivity index (χ1n) is 10.5. The van der Waals surface area contributed by atoms with Gasteiger partial charge in [-0.1, -0.05) is 30.9 Å². The molecule has 0 aliphatic heterocycles. The number of hydrogen-bond donors (Lipinski definition) is 2. The van der Waals surface area contributed by atoms with Crippen molar-refractivity contribution < 1.29 is 14.6 Å². The zero-order chi connectivity index (χ0) is 18.7. The van der Waals surface area contributed by atoms with E-state index in [0.29, 0.717) is 36.5 Å². The number of aliphatic hydroxyl groups excluding tert-OH is 1. The molecule has 144 valence electrons. The molecule has 0 spiro atoms. The lowest BCUT2D eigenvalue weighted by atomic mass is 9.47. The van der Waals surface area contributed by atoms with Crippen molar-refractivity contribution in [1.82, 2.24) is 0 Å². The summed E-state index contributed by atoms with van der Waals surface area (Å²) in [4.78, 5) is 0. The molecule has 0 bridgehead atoms. The molecule has 8 atom stereocenters. The van der Waals surface area contributed by atoms with Crippen molar-refractivity contribution in [3.63, 3.8) is 0 Å². The molecule has 26 heavy (non-hydrogen) atoms. The minimum Gasteiger partial charge on any atom is -0.393 e. The fourth-order valence-corrected chi connectivity index (χ4v) is 7.53. The van der Waals surface area contributed by atoms with Crippen molar-refractivity contribution in [3.8, 4) is 12.3 Å². The molecule has 2 fully saturated rings. The van der Waals surface area contributed by atoms with E-state index in [4.69, 9.17) is 6.42 Å². The van der Waals surface area contributed by atoms with Gasteiger partial charge >= 0.3 is 0 Å². The van der Waals surface area contributed by atoms with Gasteiger partial charge in [0.2, 0.25) is 0 Å². The summed E-state index contributed by atoms with van der Waals surface area (Å²) in [6.45, 7) is 4.20. The Morgan fingerprint density at radius 3 is 2.77 bits per heavy atom. The van der Waals surface area contributed by atoms with Gasteiger partial charge in [0.25, 0.3) is 0 Å². The van der Waals surface area contributed by atoms with Gasteiger partial charge in [0, 0.05) is 5.41 Å². The molecular weight excluding hydrogens is 327 g/mol. The summed E-state index contributed by atoms with van der Waals surface area (Å²) in [7, 11) is 0. The van der Waals surface area contributed by atoms with Crippen LogP contribution in [0.3, 0.4) is 0 Å². The van der Waals surface area contributed by atoms with E-state index in [2.05, 4.69) is 19.8 Å². The van der Waals surface area contributed by atoms with Gasteiger partial charge in [-0.15, -0.1) is 6.42 Å². The summed E-state index contributed by atoms with van der Waals surface area (Å²) in [5.74, 6) is 4.83. The first-order chi connectivity index (χ1) is 12.3. The fraction of sp³-hybridized carbons (Fsp3) is 0.826. The molecule has 3 heteroatoms. The van der Waals surface area contributed by atoms with Crippen LogP contribution in [0.4, 0.5) is 4.39 Å². The monoisotopic (exact) mass is 360 g/mol. The molecular formula is C23H33FO2. The van der Waals surface area contributed by atoms with Crippen LogP contribution in [0.2, 0.25) is 0 Å². The summed E-state index contributed by atoms with van der Waals surface area (Å²) >= 11 is 0. The van der Waals surface area contributed by atoms with Crippen LogP contribution >= 0.6 is 0 Å². The van der Waals surface area contributed by atoms with Crippen LogP contribution in [0, 0.1) is 47.3 Å². The minimum atomic E-state index is -1.05. The third kappa shape index (κ3) is 2.45. The average Bonchev–Trinajstić information content (AvgIpc) is 2.86. The van der Waals surface area contributed by atoms with Crippen molar-refractivity contribution in [2.24, 2.45) is 35.0 Å². The molecule has 2 saturated carbocycles. The Balaban J connectivity index is 1.78. The van der Waals surface area contributed by atoms with Crippen LogP contribution in [0.25, 0.3) is 0 Å². The smallest absolute Gasteiger partial charge is 0.130 e. The molecule has 2 N–H and O–H groups in total. The molecule has 4 aliphatic carbocycles. The highest BCUT2D eigenvalue weighted by molar-refractivity contribution is 5.32. The van der Waals surface area contributed by atoms with E-state index in [1.165, 1.54) is 11.1 Å². The number of rotatable bonds is 2. The fourth-order valence-electron chi connectivity index (χ4n) is 7.53. The Morgan fingerprint density at radius 2 is 2.08 bits per heavy atom. The molecule has 0 saturated heterocycles. The molecule has 2 nitrogen and oxygen atoms in total. The molecule has 0 radical (unpaired) electrons. The first-order valence-corrected chi connectivity index (χ1v) is 10.5. The van der Waals surface area contributed by atoms with Crippen molar-refractivity contribution in [1.29, 1.82) is 0 Å². The zero-order valence-electron chi connectivity index (χ0n) is 16.2. The van der Waals surface area contributed by atoms with E-state index in [1.54, 1.807) is 0 Å². The number of terminal acetylenes is 1. The van der Waals surface area contributed by atoms with E-state index >= 15 is 0 Å². The highest BCUT2D eigenvalue weighted by Gasteiger charge is 2.64. The number of hydrogen-bond acceptors (Lipinski definition) is 2. The SMILES string of the molecule is C#C[C@]1(O)CCC2C3C(C4=C(C[C@H](O)CC4)C[C@H]3C)[C@@H](CCF)C[C@@]21C. The number of alkyl halides is 1. The van der Waals surface area contributed by atoms with Gasteiger partial charge in [-0.3, -0.25) is 4.39 Å². The molecule has 4 rings (SSSR count). The number of aliphatic hydroxyl groups is 2. The molecule has 4 aliphatic rings. The normalized spacial score (nSPS) is 50.6. The van der Waals surface area contributed by atoms with E-state index in [1.807, 2.05) is 0 Å². The lowest BCUT2D eigenvalue weighted by Crippen LogP contribution is -2.55. The maximum atomic E-state index is 13.5. The van der Waals surface area contributed by atoms with Crippen LogP contribution in [0.5, 0.6) is 0 Å². The lowest BCUT2D eigenvalue weighted by molar-refractivity contribution is -0.106. The summed E-state index contributed by atoms with van der Waals surface area (Å²) in [5.41, 5.74) is 1.64. The quantitative estimate of drug-likeness (QED) is 0.571. The van der Waals surface area contributed by atoms with Crippen LogP contribution in [-0.2, 0) is 0 Å². The van der Waals surface area contributed by atoms with Gasteiger partial charge in [-0.25, -0.2) is 0 Å². The Labute approximate surface area is 157 Å². The standard InChI is InChI=1S/C23H33FO2/c1-4-23(26)9-7-19-20-14(2)11-16-12-17(25)5-6-18(16)21(20)15(8-10-24)13-22(19,23)3/h1,14-15,17,19-21,25-26H,5-13H2,2-3H3/t14-,15+,17-,19?,20?,21?,22+,23+/m1/s1. The molecule has 0 aromatic carbocycles. The van der Waals surface area contributed by atoms with E-state index in [-0.39, 0.29) is 24.1 Å². The maximum absolute atomic E-state index is 13.5. The van der Waals surface area contributed by atoms with Crippen molar-refractivity contribution in [2.75, 3.05) is 6.67 Å². The third-order valence-electron chi connectivity index (χ3n) is 8.68. The molecule has 0 heterocycles. The van der Waals surface area contributed by atoms with Gasteiger partial charge in [-0.05, 0) is 81.0 Å². The van der Waals surface area contributed by atoms with E-state index < -0.39 is 5.60 Å². The Hall–Kier alpha value is -0.850. The second-order valence-corrected chi connectivity index (χ2v) is 9.82. The van der Waals surface area contributed by atoms with Crippen molar-refractivity contribution >= 4 is 0 Å². The Bertz CT molecular complexity index is 649. The van der Waals surface area contributed by atoms with Gasteiger partial charge in [0.1, 0.15) is 5.60 Å². The summed E-state index contributed by atoms with van der Waals surface area (Å²) in [6, 6.07) is 0. The number of allylic oxidation sites excluding steroid dienone is 1. The lowest BCUT2D eigenvalue weighted by Gasteiger charge is -2.58. The average molecular weight is 361 g/mol. The van der Waals surface area contributed by atoms with E-state index in [9.17, 15) is 14.6 Å². The topological polar surface area (TPSA) is 40.5 Å². The number of fused-ring (bicyclic) bond motifs is 4. The van der Waals surface area contributed by atoms with Crippen LogP contribution in [0.1, 0.15) is 65.2 Å². The summed E-state index contributed by atoms with van der Waals surface area (Å²) < 4.78 is 13.5. The van der Waals surface area contributed by atoms with Crippen LogP contribution < -0.4 is 0 Å². The highest BCUT2D eigenvalue weighted by atomic mass is 19.1. The molecule has 0 amide bonds. The molecule has 3 unspecified atom stereocenters. The summed E-state index contributed by atoms with van der Waals surface area (Å²) in [6.07, 6.45) is 12.3. The maximum Gasteiger partial charge on any atom is 0.130 e. The van der Waals surface area contributed by atoms with Crippen LogP contribution in [0.15, 0.2) is 11.1 Å². The van der Waals surface area contributed by atoms with Gasteiger partial charge in [0.15, 0.2) is 0 Å². The van der Waals surface area contributed by atoms with Gasteiger partial charge in [0.05, 0.1) is 12.8 Å². The number of halogens is 1. The first kappa shape index (κ1) is 18.5. The van der Waals surface area contributed by atoms with Gasteiger partial charge in [-0.2, -0.15) is 0 Å². The predicted octanol–water partition coefficient (Wildman–Crippen LogP) is 4.26. The van der Waals surface area contributed by atoms with Crippen LogP contribution in [-0.4, -0.2) is 28.6 Å². The third-order valence-corrected chi connectivity index (χ3v) is 8.68. The highest BCUT2D eigenvalue weighted by Crippen LogP contribution is 2.67. The Morgan fingerprint density at radius 1 is 1.31 bits per heavy atom. The second-order valence-electron chi connectivity index (χ2n) is 9.82. The van der Waals surface area contributed by atoms with Crippen molar-refractivity contribution in [3.05, 3.63) is 11.1 Å². The van der Waals surface area contributed by atoms with Gasteiger partial charge < -0.3 is 10.2 Å². The predicted molar refractivity (Wildman–Crippen MR) is 101 cm³/mol. The minimum absolute atomic E-state index is 0.205. The summed E-state index contributed by atoms with van der Waals surface area (Å²) in [5, 5.41) is 21.4. The largest absolute Gasteiger partial charge is 0.393 e. The Kier molecular flexibility index (Phi) is 4.52. The van der Waals surface area contributed by atoms with Crippen molar-refractivity contribution in [2.45, 2.75) is 76.9 Å². The zero-order valence-corrected chi connectivity index (χ0v) is 16.2. The molecule has 0 aromatic rings. The molecule has 0 aromatic heterocycles. The second kappa shape index (κ2) is 6.35. The van der Waals surface area contributed by atoms with E-state index in [0.717, 1.165) is 38.5 Å².